The third kappa shape index (κ3) is 5.84. The zero-order valence-corrected chi connectivity index (χ0v) is 5.41. The van der Waals surface area contributed by atoms with Crippen LogP contribution in [0.25, 0.3) is 0 Å². The molecule has 0 radical (unpaired) electrons. The van der Waals surface area contributed by atoms with E-state index in [0.29, 0.717) is 0 Å². The lowest BCUT2D eigenvalue weighted by atomic mass is 11.0. The van der Waals surface area contributed by atoms with E-state index in [1.807, 2.05) is 14.1 Å². The van der Waals surface area contributed by atoms with E-state index in [1.54, 1.807) is 0 Å². The van der Waals surface area contributed by atoms with Gasteiger partial charge < -0.3 is 10.6 Å². The quantitative estimate of drug-likeness (QED) is 0.200. The Morgan fingerprint density at radius 1 is 0.875 bits per heavy atom. The van der Waals surface area contributed by atoms with Crippen molar-refractivity contribution in [3.63, 3.8) is 0 Å². The van der Waals surface area contributed by atoms with Crippen LogP contribution in [0.5, 0.6) is 0 Å². The molecule has 0 saturated carbocycles. The van der Waals surface area contributed by atoms with Gasteiger partial charge in [0.05, 0.1) is 13.3 Å². The van der Waals surface area contributed by atoms with Crippen LogP contribution in [0.1, 0.15) is 0 Å². The zero-order chi connectivity index (χ0) is 6.24. The van der Waals surface area contributed by atoms with Crippen molar-refractivity contribution in [1.82, 2.24) is 21.5 Å². The number of hydrogen-bond acceptors (Lipinski definition) is 4. The van der Waals surface area contributed by atoms with Crippen molar-refractivity contribution in [2.24, 2.45) is 0 Å². The lowest BCUT2D eigenvalue weighted by Crippen LogP contribution is -2.42. The predicted octanol–water partition coefficient (Wildman–Crippen LogP) is -1.57. The summed E-state index contributed by atoms with van der Waals surface area (Å²) in [5.74, 6) is 0. The lowest BCUT2D eigenvalue weighted by molar-refractivity contribution is 0.489. The van der Waals surface area contributed by atoms with Gasteiger partial charge in [-0.25, -0.2) is 10.9 Å². The van der Waals surface area contributed by atoms with Gasteiger partial charge in [0.15, 0.2) is 0 Å². The average Bonchev–Trinajstić information content (AvgIpc) is 1.81. The van der Waals surface area contributed by atoms with Crippen LogP contribution in [-0.4, -0.2) is 27.4 Å². The molecule has 0 bridgehead atoms. The highest BCUT2D eigenvalue weighted by Crippen LogP contribution is 1.39. The van der Waals surface area contributed by atoms with E-state index in [0.717, 1.165) is 13.3 Å². The van der Waals surface area contributed by atoms with Gasteiger partial charge in [0.25, 0.3) is 0 Å². The molecule has 0 aromatic heterocycles. The van der Waals surface area contributed by atoms with Crippen LogP contribution in [0.3, 0.4) is 0 Å². The van der Waals surface area contributed by atoms with Gasteiger partial charge in [0, 0.05) is 0 Å². The summed E-state index contributed by atoms with van der Waals surface area (Å²) in [6, 6.07) is 0. The van der Waals surface area contributed by atoms with Crippen molar-refractivity contribution in [2.75, 3.05) is 27.4 Å². The molecule has 4 nitrogen and oxygen atoms in total. The van der Waals surface area contributed by atoms with Crippen molar-refractivity contribution in [2.45, 2.75) is 0 Å². The first-order valence-corrected chi connectivity index (χ1v) is 2.66. The molecule has 0 aliphatic heterocycles. The van der Waals surface area contributed by atoms with Crippen LogP contribution < -0.4 is 21.5 Å². The van der Waals surface area contributed by atoms with Gasteiger partial charge >= 0.3 is 0 Å². The molecule has 8 heavy (non-hydrogen) atoms. The van der Waals surface area contributed by atoms with Crippen LogP contribution in [-0.2, 0) is 0 Å². The molecule has 0 aromatic rings. The van der Waals surface area contributed by atoms with Crippen molar-refractivity contribution in [1.29, 1.82) is 0 Å². The Kier molecular flexibility index (Phi) is 6.70. The van der Waals surface area contributed by atoms with Crippen molar-refractivity contribution < 1.29 is 0 Å². The van der Waals surface area contributed by atoms with E-state index in [-0.39, 0.29) is 0 Å². The first-order chi connectivity index (χ1) is 3.91. The summed E-state index contributed by atoms with van der Waals surface area (Å²) < 4.78 is 0. The minimum atomic E-state index is 0.779. The molecule has 50 valence electrons. The van der Waals surface area contributed by atoms with E-state index in [9.17, 15) is 0 Å². The average molecular weight is 118 g/mol. The molecule has 0 aliphatic rings. The highest BCUT2D eigenvalue weighted by molar-refractivity contribution is 4.31. The molecular weight excluding hydrogens is 104 g/mol. The monoisotopic (exact) mass is 118 g/mol. The maximum absolute atomic E-state index is 2.93. The molecule has 0 heterocycles. The molecular formula is C4H14N4. The van der Waals surface area contributed by atoms with E-state index in [2.05, 4.69) is 21.5 Å². The van der Waals surface area contributed by atoms with Crippen LogP contribution in [0.15, 0.2) is 0 Å². The van der Waals surface area contributed by atoms with Crippen LogP contribution in [0, 0.1) is 0 Å². The fourth-order valence-electron chi connectivity index (χ4n) is 0.302. The Labute approximate surface area is 50.0 Å². The van der Waals surface area contributed by atoms with Crippen molar-refractivity contribution in [3.8, 4) is 0 Å². The maximum atomic E-state index is 2.93. The molecule has 4 heteroatoms. The topological polar surface area (TPSA) is 48.1 Å². The second-order valence-electron chi connectivity index (χ2n) is 1.41. The molecule has 0 atom stereocenters. The van der Waals surface area contributed by atoms with Gasteiger partial charge in [0.2, 0.25) is 0 Å². The van der Waals surface area contributed by atoms with Gasteiger partial charge in [-0.1, -0.05) is 0 Å². The Balaban J connectivity index is 2.53. The number of rotatable bonds is 5. The molecule has 4 N–H and O–H groups in total. The Bertz CT molecular complexity index is 33.0. The third-order valence-corrected chi connectivity index (χ3v) is 0.655. The minimum absolute atomic E-state index is 0.779. The first-order valence-electron chi connectivity index (χ1n) is 2.66. The van der Waals surface area contributed by atoms with Gasteiger partial charge in [0.1, 0.15) is 0 Å². The van der Waals surface area contributed by atoms with Gasteiger partial charge in [-0.15, -0.1) is 0 Å². The van der Waals surface area contributed by atoms with E-state index < -0.39 is 0 Å². The zero-order valence-electron chi connectivity index (χ0n) is 5.41. The predicted molar refractivity (Wildman–Crippen MR) is 34.1 cm³/mol. The summed E-state index contributed by atoms with van der Waals surface area (Å²) >= 11 is 0. The summed E-state index contributed by atoms with van der Waals surface area (Å²) in [6.45, 7) is 1.56. The molecule has 0 aromatic carbocycles. The summed E-state index contributed by atoms with van der Waals surface area (Å²) in [6.07, 6.45) is 0. The van der Waals surface area contributed by atoms with Crippen LogP contribution in [0.2, 0.25) is 0 Å². The smallest absolute Gasteiger partial charge is 0.0587 e. The lowest BCUT2D eigenvalue weighted by Gasteiger charge is -2.03. The number of nitrogens with one attached hydrogen (secondary N) is 4. The number of hydrazine groups is 1. The highest BCUT2D eigenvalue weighted by atomic mass is 15.4. The van der Waals surface area contributed by atoms with Gasteiger partial charge in [-0.2, -0.15) is 0 Å². The molecule has 0 aliphatic carbocycles. The normalized spacial score (nSPS) is 9.75. The first kappa shape index (κ1) is 7.84. The molecule has 0 unspecified atom stereocenters. The molecule has 0 fully saturated rings. The fourth-order valence-corrected chi connectivity index (χ4v) is 0.302. The van der Waals surface area contributed by atoms with E-state index >= 15 is 0 Å². The maximum Gasteiger partial charge on any atom is 0.0587 e. The molecule has 0 spiro atoms. The Morgan fingerprint density at radius 2 is 1.25 bits per heavy atom. The Morgan fingerprint density at radius 3 is 1.50 bits per heavy atom. The van der Waals surface area contributed by atoms with Crippen LogP contribution in [0.4, 0.5) is 0 Å². The van der Waals surface area contributed by atoms with Crippen LogP contribution >= 0.6 is 0 Å². The largest absolute Gasteiger partial charge is 0.307 e. The van der Waals surface area contributed by atoms with Crippen molar-refractivity contribution in [3.05, 3.63) is 0 Å². The van der Waals surface area contributed by atoms with E-state index in [1.165, 1.54) is 0 Å². The standard InChI is InChI=1S/C4H14N4/c1-5-3-7-8-4-6-2/h5-8H,3-4H2,1-2H3. The van der Waals surface area contributed by atoms with Gasteiger partial charge in [-0.3, -0.25) is 0 Å². The third-order valence-electron chi connectivity index (χ3n) is 0.655. The second-order valence-corrected chi connectivity index (χ2v) is 1.41. The highest BCUT2D eigenvalue weighted by Gasteiger charge is 1.75. The summed E-state index contributed by atoms with van der Waals surface area (Å²) in [5, 5.41) is 5.85. The Hall–Kier alpha value is -0.160. The number of hydrogen-bond donors (Lipinski definition) is 4. The summed E-state index contributed by atoms with van der Waals surface area (Å²) in [4.78, 5) is 0. The molecule has 0 rings (SSSR count). The summed E-state index contributed by atoms with van der Waals surface area (Å²) in [5.41, 5.74) is 5.82. The van der Waals surface area contributed by atoms with Gasteiger partial charge in [-0.05, 0) is 14.1 Å². The second kappa shape index (κ2) is 6.84. The molecule has 0 saturated heterocycles. The fraction of sp³-hybridized carbons (Fsp3) is 1.00. The van der Waals surface area contributed by atoms with Crippen molar-refractivity contribution >= 4 is 0 Å². The van der Waals surface area contributed by atoms with E-state index in [4.69, 9.17) is 0 Å². The minimum Gasteiger partial charge on any atom is -0.307 e. The summed E-state index contributed by atoms with van der Waals surface area (Å²) in [7, 11) is 3.77. The SMILES string of the molecule is CNCNNCNC. The molecule has 0 amide bonds.